The molecule has 0 aliphatic rings. The molecule has 0 heterocycles. The molecule has 120 valence electrons. The van der Waals surface area contributed by atoms with Gasteiger partial charge in [-0.2, -0.15) is 0 Å². The average Bonchev–Trinajstić information content (AvgIpc) is 2.38. The van der Waals surface area contributed by atoms with Gasteiger partial charge in [0.05, 0.1) is 18.1 Å². The third-order valence-corrected chi connectivity index (χ3v) is 2.29. The predicted octanol–water partition coefficient (Wildman–Crippen LogP) is -0.373. The Hall–Kier alpha value is -1.55. The molecule has 5 N–H and O–H groups in total. The quantitative estimate of drug-likeness (QED) is 0.195. The van der Waals surface area contributed by atoms with Gasteiger partial charge in [0, 0.05) is 19.2 Å². The zero-order valence-electron chi connectivity index (χ0n) is 11.0. The monoisotopic (exact) mass is 324 g/mol. The lowest BCUT2D eigenvalue weighted by molar-refractivity contribution is -0.385. The van der Waals surface area contributed by atoms with Crippen molar-refractivity contribution < 1.29 is 34.0 Å². The van der Waals surface area contributed by atoms with Crippen LogP contribution in [0, 0.1) is 10.1 Å². The van der Waals surface area contributed by atoms with Crippen LogP contribution in [0.15, 0.2) is 24.3 Å². The van der Waals surface area contributed by atoms with E-state index in [1.807, 2.05) is 0 Å². The highest BCUT2D eigenvalue weighted by atomic mass is 31.2. The molecule has 0 aliphatic carbocycles. The Balaban J connectivity index is 0.000000486. The van der Waals surface area contributed by atoms with Crippen LogP contribution in [0.2, 0.25) is 0 Å². The summed E-state index contributed by atoms with van der Waals surface area (Å²) in [6.07, 6.45) is 0. The summed E-state index contributed by atoms with van der Waals surface area (Å²) in [5, 5.41) is 29.5. The van der Waals surface area contributed by atoms with E-state index in [-0.39, 0.29) is 13.2 Å². The molecule has 1 rings (SSSR count). The first-order valence-corrected chi connectivity index (χ1v) is 7.26. The summed E-state index contributed by atoms with van der Waals surface area (Å²) in [7, 11) is -4.76. The number of rotatable bonds is 7. The maximum Gasteiger partial charge on any atom is 0.525 e. The number of aliphatic hydroxyl groups excluding tert-OH is 2. The number of para-hydroxylation sites is 2. The zero-order valence-corrected chi connectivity index (χ0v) is 11.8. The van der Waals surface area contributed by atoms with Crippen molar-refractivity contribution in [2.75, 3.05) is 26.3 Å². The summed E-state index contributed by atoms with van der Waals surface area (Å²) in [5.74, 6) is -0.453. The molecular weight excluding hydrogens is 307 g/mol. The van der Waals surface area contributed by atoms with E-state index in [2.05, 4.69) is 9.84 Å². The Morgan fingerprint density at radius 3 is 2.14 bits per heavy atom. The van der Waals surface area contributed by atoms with Crippen LogP contribution in [-0.2, 0) is 4.57 Å². The molecule has 0 amide bonds. The van der Waals surface area contributed by atoms with Crippen molar-refractivity contribution in [3.8, 4) is 5.75 Å². The summed E-state index contributed by atoms with van der Waals surface area (Å²) in [6.45, 7) is 1.42. The SMILES string of the molecule is O=[N+]([O-])c1ccccc1OP(=O)(O)O.OCCNCCO. The normalized spacial score (nSPS) is 10.5. The molecular formula is C10H17N2O8P. The van der Waals surface area contributed by atoms with Crippen LogP contribution in [0.25, 0.3) is 0 Å². The van der Waals surface area contributed by atoms with Crippen molar-refractivity contribution >= 4 is 13.5 Å². The third kappa shape index (κ3) is 9.91. The van der Waals surface area contributed by atoms with Crippen LogP contribution in [0.4, 0.5) is 5.69 Å². The number of nitrogens with zero attached hydrogens (tertiary/aromatic N) is 1. The van der Waals surface area contributed by atoms with Gasteiger partial charge in [0.1, 0.15) is 0 Å². The Morgan fingerprint density at radius 1 is 1.19 bits per heavy atom. The molecule has 0 radical (unpaired) electrons. The number of nitro groups is 1. The van der Waals surface area contributed by atoms with E-state index in [0.717, 1.165) is 12.1 Å². The highest BCUT2D eigenvalue weighted by Gasteiger charge is 2.22. The highest BCUT2D eigenvalue weighted by molar-refractivity contribution is 7.46. The minimum Gasteiger partial charge on any atom is -0.397 e. The average molecular weight is 324 g/mol. The first-order valence-electron chi connectivity index (χ1n) is 5.72. The number of aliphatic hydroxyl groups is 2. The fraction of sp³-hybridized carbons (Fsp3) is 0.400. The third-order valence-electron chi connectivity index (χ3n) is 1.86. The molecule has 21 heavy (non-hydrogen) atoms. The summed E-state index contributed by atoms with van der Waals surface area (Å²) < 4.78 is 14.5. The fourth-order valence-electron chi connectivity index (χ4n) is 1.10. The molecule has 0 fully saturated rings. The van der Waals surface area contributed by atoms with Crippen molar-refractivity contribution in [1.82, 2.24) is 5.32 Å². The number of hydrogen-bond donors (Lipinski definition) is 5. The van der Waals surface area contributed by atoms with Gasteiger partial charge in [-0.05, 0) is 6.07 Å². The van der Waals surface area contributed by atoms with Crippen molar-refractivity contribution in [2.45, 2.75) is 0 Å². The van der Waals surface area contributed by atoms with Gasteiger partial charge in [0.2, 0.25) is 5.75 Å². The number of phosphoric ester groups is 1. The minimum atomic E-state index is -4.76. The van der Waals surface area contributed by atoms with E-state index in [1.54, 1.807) is 0 Å². The summed E-state index contributed by atoms with van der Waals surface area (Å²) in [6, 6.07) is 4.94. The molecule has 0 unspecified atom stereocenters. The van der Waals surface area contributed by atoms with E-state index >= 15 is 0 Å². The van der Waals surface area contributed by atoms with Gasteiger partial charge in [-0.3, -0.25) is 19.9 Å². The highest BCUT2D eigenvalue weighted by Crippen LogP contribution is 2.41. The lowest BCUT2D eigenvalue weighted by atomic mass is 10.3. The van der Waals surface area contributed by atoms with Gasteiger partial charge in [0.25, 0.3) is 0 Å². The van der Waals surface area contributed by atoms with Crippen LogP contribution >= 0.6 is 7.82 Å². The van der Waals surface area contributed by atoms with Crippen LogP contribution in [0.3, 0.4) is 0 Å². The number of benzene rings is 1. The molecule has 0 atom stereocenters. The Labute approximate surface area is 120 Å². The van der Waals surface area contributed by atoms with E-state index in [1.165, 1.54) is 12.1 Å². The van der Waals surface area contributed by atoms with E-state index in [0.29, 0.717) is 13.1 Å². The summed E-state index contributed by atoms with van der Waals surface area (Å²) in [5.41, 5.74) is -0.490. The van der Waals surface area contributed by atoms with Crippen molar-refractivity contribution in [3.05, 3.63) is 34.4 Å². The molecule has 0 saturated carbocycles. The molecule has 0 saturated heterocycles. The first kappa shape index (κ1) is 19.4. The van der Waals surface area contributed by atoms with Gasteiger partial charge in [-0.15, -0.1) is 0 Å². The zero-order chi connectivity index (χ0) is 16.3. The predicted molar refractivity (Wildman–Crippen MR) is 72.8 cm³/mol. The van der Waals surface area contributed by atoms with Gasteiger partial charge in [-0.25, -0.2) is 4.57 Å². The molecule has 0 spiro atoms. The second-order valence-electron chi connectivity index (χ2n) is 3.50. The smallest absolute Gasteiger partial charge is 0.397 e. The molecule has 0 aromatic heterocycles. The number of phosphoric acid groups is 1. The van der Waals surface area contributed by atoms with Crippen LogP contribution in [0.1, 0.15) is 0 Å². The maximum atomic E-state index is 10.4. The molecule has 0 aliphatic heterocycles. The van der Waals surface area contributed by atoms with Crippen molar-refractivity contribution in [3.63, 3.8) is 0 Å². The molecule has 11 heteroatoms. The van der Waals surface area contributed by atoms with Crippen LogP contribution in [-0.4, -0.2) is 51.2 Å². The second kappa shape index (κ2) is 10.2. The number of hydrogen-bond acceptors (Lipinski definition) is 7. The van der Waals surface area contributed by atoms with Gasteiger partial charge < -0.3 is 20.1 Å². The topological polar surface area (TPSA) is 162 Å². The largest absolute Gasteiger partial charge is 0.525 e. The second-order valence-corrected chi connectivity index (χ2v) is 4.67. The molecule has 1 aromatic carbocycles. The van der Waals surface area contributed by atoms with E-state index in [9.17, 15) is 14.7 Å². The number of nitrogens with one attached hydrogen (secondary N) is 1. The van der Waals surface area contributed by atoms with Crippen molar-refractivity contribution in [1.29, 1.82) is 0 Å². The maximum absolute atomic E-state index is 10.4. The van der Waals surface area contributed by atoms with Crippen LogP contribution < -0.4 is 9.84 Å². The Morgan fingerprint density at radius 2 is 1.71 bits per heavy atom. The van der Waals surface area contributed by atoms with Crippen LogP contribution in [0.5, 0.6) is 5.75 Å². The summed E-state index contributed by atoms with van der Waals surface area (Å²) >= 11 is 0. The molecule has 1 aromatic rings. The molecule has 0 bridgehead atoms. The lowest BCUT2D eigenvalue weighted by Gasteiger charge is -2.05. The van der Waals surface area contributed by atoms with E-state index in [4.69, 9.17) is 20.0 Å². The van der Waals surface area contributed by atoms with E-state index < -0.39 is 24.2 Å². The summed E-state index contributed by atoms with van der Waals surface area (Å²) in [4.78, 5) is 26.5. The minimum absolute atomic E-state index is 0.139. The van der Waals surface area contributed by atoms with Gasteiger partial charge in [0.15, 0.2) is 0 Å². The standard InChI is InChI=1S/C6H6NO6P.C4H11NO2/c8-7(9)5-3-1-2-4-6(5)13-14(10,11)12;6-3-1-5-2-4-7/h1-4H,(H2,10,11,12);5-7H,1-4H2. The first-order chi connectivity index (χ1) is 9.81. The fourth-order valence-corrected chi connectivity index (χ4v) is 1.51. The number of nitro benzene ring substituents is 1. The lowest BCUT2D eigenvalue weighted by Crippen LogP contribution is -2.21. The van der Waals surface area contributed by atoms with Gasteiger partial charge >= 0.3 is 13.5 Å². The van der Waals surface area contributed by atoms with Gasteiger partial charge in [-0.1, -0.05) is 12.1 Å². The van der Waals surface area contributed by atoms with Crippen molar-refractivity contribution in [2.24, 2.45) is 0 Å². The molecule has 10 nitrogen and oxygen atoms in total. The Bertz CT molecular complexity index is 474. The Kier molecular flexibility index (Phi) is 9.46.